The van der Waals surface area contributed by atoms with Gasteiger partial charge in [0, 0.05) is 18.0 Å². The molecule has 0 aliphatic rings. The Kier molecular flexibility index (Phi) is 4.34. The second kappa shape index (κ2) is 5.87. The first kappa shape index (κ1) is 15.5. The topological polar surface area (TPSA) is 89.3 Å². The smallest absolute Gasteiger partial charge is 0.339 e. The molecule has 2 rings (SSSR count). The number of carbonyl (C=O) groups is 1. The third-order valence-corrected chi connectivity index (χ3v) is 4.07. The molecule has 0 amide bonds. The van der Waals surface area contributed by atoms with Crippen molar-refractivity contribution in [2.75, 3.05) is 12.0 Å². The highest BCUT2D eigenvalue weighted by molar-refractivity contribution is 7.90. The number of carboxylic acid groups (broad SMARTS) is 1. The predicted molar refractivity (Wildman–Crippen MR) is 79.3 cm³/mol. The lowest BCUT2D eigenvalue weighted by Gasteiger charge is -2.02. The molecule has 8 heteroatoms. The number of sulfone groups is 1. The first-order chi connectivity index (χ1) is 9.78. The molecule has 0 bridgehead atoms. The van der Waals surface area contributed by atoms with Crippen LogP contribution >= 0.6 is 11.6 Å². The van der Waals surface area contributed by atoms with Gasteiger partial charge in [-0.25, -0.2) is 13.2 Å². The molecular formula is C13H13ClN2O4S. The van der Waals surface area contributed by atoms with E-state index in [9.17, 15) is 18.3 Å². The number of hydrogen-bond donors (Lipinski definition) is 1. The van der Waals surface area contributed by atoms with Crippen LogP contribution in [0.5, 0.6) is 0 Å². The monoisotopic (exact) mass is 328 g/mol. The van der Waals surface area contributed by atoms with Crippen molar-refractivity contribution in [2.24, 2.45) is 0 Å². The Morgan fingerprint density at radius 1 is 1.38 bits per heavy atom. The van der Waals surface area contributed by atoms with Crippen molar-refractivity contribution in [1.29, 1.82) is 0 Å². The van der Waals surface area contributed by atoms with Crippen LogP contribution < -0.4 is 0 Å². The summed E-state index contributed by atoms with van der Waals surface area (Å²) in [6.07, 6.45) is 2.43. The molecule has 112 valence electrons. The van der Waals surface area contributed by atoms with Gasteiger partial charge in [0.15, 0.2) is 0 Å². The van der Waals surface area contributed by atoms with E-state index in [1.807, 2.05) is 0 Å². The van der Waals surface area contributed by atoms with Crippen LogP contribution in [0.1, 0.15) is 10.4 Å². The zero-order chi connectivity index (χ0) is 15.6. The van der Waals surface area contributed by atoms with Crippen molar-refractivity contribution in [2.45, 2.75) is 6.54 Å². The van der Waals surface area contributed by atoms with Gasteiger partial charge in [0.1, 0.15) is 21.1 Å². The summed E-state index contributed by atoms with van der Waals surface area (Å²) in [4.78, 5) is 11.3. The van der Waals surface area contributed by atoms with E-state index >= 15 is 0 Å². The average Bonchev–Trinajstić information content (AvgIpc) is 2.80. The number of aromatic carboxylic acids is 1. The quantitative estimate of drug-likeness (QED) is 0.906. The fourth-order valence-corrected chi connectivity index (χ4v) is 2.55. The minimum absolute atomic E-state index is 0.0170. The molecule has 0 aliphatic heterocycles. The third-order valence-electron chi connectivity index (χ3n) is 2.81. The molecule has 0 unspecified atom stereocenters. The highest BCUT2D eigenvalue weighted by Gasteiger charge is 2.19. The van der Waals surface area contributed by atoms with Crippen LogP contribution in [0.15, 0.2) is 30.5 Å². The Morgan fingerprint density at radius 2 is 2.05 bits per heavy atom. The summed E-state index contributed by atoms with van der Waals surface area (Å²) >= 11 is 6.06. The number of halogens is 1. The van der Waals surface area contributed by atoms with Crippen LogP contribution in [0.4, 0.5) is 0 Å². The summed E-state index contributed by atoms with van der Waals surface area (Å²) < 4.78 is 23.7. The van der Waals surface area contributed by atoms with Gasteiger partial charge >= 0.3 is 5.97 Å². The van der Waals surface area contributed by atoms with Crippen LogP contribution in [0.3, 0.4) is 0 Å². The van der Waals surface area contributed by atoms with E-state index in [0.29, 0.717) is 10.6 Å². The number of carboxylic acids is 1. The fraction of sp³-hybridized carbons (Fsp3) is 0.231. The molecule has 21 heavy (non-hydrogen) atoms. The lowest BCUT2D eigenvalue weighted by atomic mass is 10.1. The van der Waals surface area contributed by atoms with Crippen LogP contribution in [0.25, 0.3) is 11.3 Å². The van der Waals surface area contributed by atoms with Gasteiger partial charge in [-0.15, -0.1) is 0 Å². The van der Waals surface area contributed by atoms with Gasteiger partial charge < -0.3 is 5.11 Å². The SMILES string of the molecule is CS(=O)(=O)CCn1cc(C(=O)O)c(-c2ccccc2Cl)n1. The second-order valence-corrected chi connectivity index (χ2v) is 7.24. The van der Waals surface area contributed by atoms with Gasteiger partial charge in [0.25, 0.3) is 0 Å². The van der Waals surface area contributed by atoms with E-state index < -0.39 is 15.8 Å². The molecule has 0 saturated carbocycles. The molecule has 0 spiro atoms. The Bertz CT molecular complexity index is 783. The maximum Gasteiger partial charge on any atom is 0.339 e. The van der Waals surface area contributed by atoms with Gasteiger partial charge in [0.2, 0.25) is 0 Å². The van der Waals surface area contributed by atoms with E-state index in [-0.39, 0.29) is 23.6 Å². The zero-order valence-electron chi connectivity index (χ0n) is 11.2. The second-order valence-electron chi connectivity index (χ2n) is 4.57. The molecular weight excluding hydrogens is 316 g/mol. The van der Waals surface area contributed by atoms with Gasteiger partial charge in [-0.05, 0) is 6.07 Å². The summed E-state index contributed by atoms with van der Waals surface area (Å²) in [6.45, 7) is 0.0869. The highest BCUT2D eigenvalue weighted by atomic mass is 35.5. The first-order valence-electron chi connectivity index (χ1n) is 6.01. The number of aryl methyl sites for hydroxylation is 1. The summed E-state index contributed by atoms with van der Waals surface area (Å²) in [7, 11) is -3.15. The van der Waals surface area contributed by atoms with Gasteiger partial charge in [0.05, 0.1) is 17.3 Å². The lowest BCUT2D eigenvalue weighted by Crippen LogP contribution is -2.11. The number of nitrogens with zero attached hydrogens (tertiary/aromatic N) is 2. The molecule has 0 radical (unpaired) electrons. The van der Waals surface area contributed by atoms with E-state index in [1.54, 1.807) is 24.3 Å². The normalized spacial score (nSPS) is 11.5. The minimum atomic E-state index is -3.15. The van der Waals surface area contributed by atoms with Crippen molar-refractivity contribution in [3.05, 3.63) is 41.0 Å². The molecule has 6 nitrogen and oxygen atoms in total. The Morgan fingerprint density at radius 3 is 2.62 bits per heavy atom. The summed E-state index contributed by atoms with van der Waals surface area (Å²) in [5.74, 6) is -1.26. The maximum atomic E-state index is 11.3. The van der Waals surface area contributed by atoms with Crippen LogP contribution in [-0.4, -0.2) is 41.3 Å². The Labute approximate surface area is 126 Å². The van der Waals surface area contributed by atoms with Crippen LogP contribution in [0.2, 0.25) is 5.02 Å². The van der Waals surface area contributed by atoms with Crippen molar-refractivity contribution >= 4 is 27.4 Å². The van der Waals surface area contributed by atoms with E-state index in [2.05, 4.69) is 5.10 Å². The van der Waals surface area contributed by atoms with Crippen LogP contribution in [0, 0.1) is 0 Å². The molecule has 1 aromatic heterocycles. The third kappa shape index (κ3) is 3.83. The number of hydrogen-bond acceptors (Lipinski definition) is 4. The lowest BCUT2D eigenvalue weighted by molar-refractivity contribution is 0.0697. The van der Waals surface area contributed by atoms with Gasteiger partial charge in [-0.3, -0.25) is 4.68 Å². The van der Waals surface area contributed by atoms with E-state index in [0.717, 1.165) is 6.26 Å². The summed E-state index contributed by atoms with van der Waals surface area (Å²) in [5, 5.41) is 13.8. The van der Waals surface area contributed by atoms with Crippen LogP contribution in [-0.2, 0) is 16.4 Å². The largest absolute Gasteiger partial charge is 0.478 e. The number of rotatable bonds is 5. The van der Waals surface area contributed by atoms with Crippen molar-refractivity contribution in [3.8, 4) is 11.3 Å². The molecule has 0 saturated heterocycles. The Hall–Kier alpha value is -1.86. The molecule has 0 atom stereocenters. The summed E-state index contributed by atoms with van der Waals surface area (Å²) in [5.41, 5.74) is 0.702. The molecule has 1 N–H and O–H groups in total. The maximum absolute atomic E-state index is 11.3. The van der Waals surface area contributed by atoms with Crippen molar-refractivity contribution < 1.29 is 18.3 Å². The van der Waals surface area contributed by atoms with E-state index in [1.165, 1.54) is 10.9 Å². The molecule has 0 aliphatic carbocycles. The number of benzene rings is 1. The number of aromatic nitrogens is 2. The fourth-order valence-electron chi connectivity index (χ4n) is 1.80. The highest BCUT2D eigenvalue weighted by Crippen LogP contribution is 2.29. The van der Waals surface area contributed by atoms with Gasteiger partial charge in [-0.1, -0.05) is 29.8 Å². The predicted octanol–water partition coefficient (Wildman–Crippen LogP) is 1.95. The molecule has 0 fully saturated rings. The standard InChI is InChI=1S/C13H13ClN2O4S/c1-21(19,20)7-6-16-8-10(13(17)18)12(15-16)9-4-2-3-5-11(9)14/h2-5,8H,6-7H2,1H3,(H,17,18). The minimum Gasteiger partial charge on any atom is -0.478 e. The average molecular weight is 329 g/mol. The first-order valence-corrected chi connectivity index (χ1v) is 8.45. The molecule has 1 aromatic carbocycles. The Balaban J connectivity index is 2.44. The molecule has 1 heterocycles. The zero-order valence-corrected chi connectivity index (χ0v) is 12.7. The van der Waals surface area contributed by atoms with Crippen molar-refractivity contribution in [1.82, 2.24) is 9.78 Å². The van der Waals surface area contributed by atoms with E-state index in [4.69, 9.17) is 11.6 Å². The van der Waals surface area contributed by atoms with Gasteiger partial charge in [-0.2, -0.15) is 5.10 Å². The summed E-state index contributed by atoms with van der Waals surface area (Å²) in [6, 6.07) is 6.76. The molecule has 2 aromatic rings. The van der Waals surface area contributed by atoms with Crippen molar-refractivity contribution in [3.63, 3.8) is 0 Å².